The average Bonchev–Trinajstić information content (AvgIpc) is 2.47. The van der Waals surface area contributed by atoms with Crippen LogP contribution >= 0.6 is 0 Å². The van der Waals surface area contributed by atoms with Gasteiger partial charge in [0.25, 0.3) is 0 Å². The second kappa shape index (κ2) is 6.74. The summed E-state index contributed by atoms with van der Waals surface area (Å²) in [6.07, 6.45) is 0.585. The molecule has 0 aliphatic heterocycles. The third kappa shape index (κ3) is 3.44. The Hall–Kier alpha value is -2.09. The fraction of sp³-hybridized carbons (Fsp3) is 0.176. The van der Waals surface area contributed by atoms with Gasteiger partial charge >= 0.3 is 5.97 Å². The van der Waals surface area contributed by atoms with Crippen LogP contribution in [-0.4, -0.2) is 12.6 Å². The lowest BCUT2D eigenvalue weighted by Gasteiger charge is -2.16. The van der Waals surface area contributed by atoms with Crippen LogP contribution in [0.2, 0.25) is 0 Å². The van der Waals surface area contributed by atoms with Gasteiger partial charge < -0.3 is 4.74 Å². The number of esters is 1. The molecular formula is C17H17O2. The molecule has 2 rings (SSSR count). The molecule has 1 radical (unpaired) electrons. The summed E-state index contributed by atoms with van der Waals surface area (Å²) < 4.78 is 5.26. The molecule has 2 aromatic rings. The average molecular weight is 253 g/mol. The molecule has 2 aromatic carbocycles. The molecule has 0 atom stereocenters. The van der Waals surface area contributed by atoms with E-state index in [0.29, 0.717) is 13.0 Å². The Morgan fingerprint density at radius 3 is 1.84 bits per heavy atom. The maximum atomic E-state index is 12.3. The van der Waals surface area contributed by atoms with Gasteiger partial charge in [-0.25, -0.2) is 0 Å². The van der Waals surface area contributed by atoms with Crippen molar-refractivity contribution in [1.29, 1.82) is 0 Å². The van der Waals surface area contributed by atoms with Crippen molar-refractivity contribution >= 4 is 5.97 Å². The molecule has 0 aliphatic carbocycles. The molecule has 0 fully saturated rings. The van der Waals surface area contributed by atoms with Crippen LogP contribution in [0, 0.1) is 6.92 Å². The van der Waals surface area contributed by atoms with Gasteiger partial charge in [0.1, 0.15) is 5.92 Å². The number of ether oxygens (including phenoxy) is 1. The first-order valence-electron chi connectivity index (χ1n) is 6.38. The molecule has 2 heteroatoms. The van der Waals surface area contributed by atoms with Gasteiger partial charge in [-0.2, -0.15) is 0 Å². The quantitative estimate of drug-likeness (QED) is 0.761. The van der Waals surface area contributed by atoms with Crippen molar-refractivity contribution in [3.63, 3.8) is 0 Å². The molecule has 0 aliphatic rings. The highest BCUT2D eigenvalue weighted by Crippen LogP contribution is 2.25. The summed E-state index contributed by atoms with van der Waals surface area (Å²) in [7, 11) is 0. The second-order valence-corrected chi connectivity index (χ2v) is 4.28. The van der Waals surface area contributed by atoms with E-state index >= 15 is 0 Å². The molecule has 0 N–H and O–H groups in total. The van der Waals surface area contributed by atoms with E-state index in [1.807, 2.05) is 60.7 Å². The van der Waals surface area contributed by atoms with Crippen LogP contribution in [0.25, 0.3) is 0 Å². The standard InChI is InChI=1S/C17H17O2/c1-2-13-19-17(18)16(14-9-5-3-6-10-14)15-11-7-4-8-12-15/h3-12,16H,1-2,13H2. The van der Waals surface area contributed by atoms with Gasteiger partial charge in [-0.05, 0) is 24.5 Å². The highest BCUT2D eigenvalue weighted by atomic mass is 16.5. The van der Waals surface area contributed by atoms with E-state index in [9.17, 15) is 4.79 Å². The third-order valence-corrected chi connectivity index (χ3v) is 2.89. The van der Waals surface area contributed by atoms with Crippen molar-refractivity contribution in [2.45, 2.75) is 12.3 Å². The van der Waals surface area contributed by atoms with Crippen molar-refractivity contribution in [1.82, 2.24) is 0 Å². The molecule has 97 valence electrons. The van der Waals surface area contributed by atoms with E-state index in [1.165, 1.54) is 0 Å². The molecule has 0 spiro atoms. The van der Waals surface area contributed by atoms with E-state index in [0.717, 1.165) is 11.1 Å². The van der Waals surface area contributed by atoms with E-state index in [1.54, 1.807) is 0 Å². The van der Waals surface area contributed by atoms with Crippen molar-refractivity contribution in [2.24, 2.45) is 0 Å². The van der Waals surface area contributed by atoms with Gasteiger partial charge in [0.05, 0.1) is 6.61 Å². The number of hydrogen-bond donors (Lipinski definition) is 0. The van der Waals surface area contributed by atoms with Gasteiger partial charge in [0.15, 0.2) is 0 Å². The van der Waals surface area contributed by atoms with Crippen LogP contribution < -0.4 is 0 Å². The number of carbonyl (C=O) groups excluding carboxylic acids is 1. The maximum absolute atomic E-state index is 12.3. The number of rotatable bonds is 5. The fourth-order valence-electron chi connectivity index (χ4n) is 2.01. The highest BCUT2D eigenvalue weighted by Gasteiger charge is 2.23. The van der Waals surface area contributed by atoms with E-state index in [2.05, 4.69) is 6.92 Å². The first-order valence-corrected chi connectivity index (χ1v) is 6.38. The number of benzene rings is 2. The Morgan fingerprint density at radius 1 is 0.947 bits per heavy atom. The maximum Gasteiger partial charge on any atom is 0.317 e. The minimum absolute atomic E-state index is 0.221. The highest BCUT2D eigenvalue weighted by molar-refractivity contribution is 5.82. The van der Waals surface area contributed by atoms with Crippen LogP contribution in [0.1, 0.15) is 23.5 Å². The molecule has 0 bridgehead atoms. The zero-order valence-corrected chi connectivity index (χ0v) is 10.8. The van der Waals surface area contributed by atoms with Crippen molar-refractivity contribution in [2.75, 3.05) is 6.61 Å². The SMILES string of the molecule is [CH2]CCOC(=O)C(c1ccccc1)c1ccccc1. The van der Waals surface area contributed by atoms with Gasteiger partial charge in [-0.3, -0.25) is 4.79 Å². The minimum Gasteiger partial charge on any atom is -0.465 e. The van der Waals surface area contributed by atoms with Crippen LogP contribution in [0.15, 0.2) is 60.7 Å². The monoisotopic (exact) mass is 253 g/mol. The van der Waals surface area contributed by atoms with Gasteiger partial charge in [0, 0.05) is 0 Å². The summed E-state index contributed by atoms with van der Waals surface area (Å²) in [6.45, 7) is 4.04. The van der Waals surface area contributed by atoms with E-state index in [4.69, 9.17) is 4.74 Å². The van der Waals surface area contributed by atoms with Crippen molar-refractivity contribution < 1.29 is 9.53 Å². The lowest BCUT2D eigenvalue weighted by molar-refractivity contribution is -0.144. The van der Waals surface area contributed by atoms with Crippen LogP contribution in [-0.2, 0) is 9.53 Å². The largest absolute Gasteiger partial charge is 0.465 e. The molecular weight excluding hydrogens is 236 g/mol. The second-order valence-electron chi connectivity index (χ2n) is 4.28. The first-order chi connectivity index (χ1) is 9.33. The number of hydrogen-bond acceptors (Lipinski definition) is 2. The van der Waals surface area contributed by atoms with Crippen LogP contribution in [0.5, 0.6) is 0 Å². The smallest absolute Gasteiger partial charge is 0.317 e. The Kier molecular flexibility index (Phi) is 4.73. The Labute approximate surface area is 114 Å². The molecule has 2 nitrogen and oxygen atoms in total. The fourth-order valence-corrected chi connectivity index (χ4v) is 2.01. The molecule has 0 aromatic heterocycles. The minimum atomic E-state index is -0.367. The predicted molar refractivity (Wildman–Crippen MR) is 75.7 cm³/mol. The summed E-state index contributed by atoms with van der Waals surface area (Å²) in [6, 6.07) is 19.4. The summed E-state index contributed by atoms with van der Waals surface area (Å²) in [4.78, 5) is 12.3. The van der Waals surface area contributed by atoms with Gasteiger partial charge in [-0.15, -0.1) is 0 Å². The summed E-state index contributed by atoms with van der Waals surface area (Å²) in [5.74, 6) is -0.588. The molecule has 19 heavy (non-hydrogen) atoms. The van der Waals surface area contributed by atoms with Crippen LogP contribution in [0.3, 0.4) is 0 Å². The zero-order valence-electron chi connectivity index (χ0n) is 10.8. The van der Waals surface area contributed by atoms with Crippen LogP contribution in [0.4, 0.5) is 0 Å². The lowest BCUT2D eigenvalue weighted by Crippen LogP contribution is -2.17. The molecule has 0 saturated carbocycles. The summed E-state index contributed by atoms with van der Waals surface area (Å²) in [5, 5.41) is 0. The van der Waals surface area contributed by atoms with Gasteiger partial charge in [-0.1, -0.05) is 60.7 Å². The Balaban J connectivity index is 2.31. The molecule has 0 unspecified atom stereocenters. The summed E-state index contributed by atoms with van der Waals surface area (Å²) >= 11 is 0. The van der Waals surface area contributed by atoms with E-state index < -0.39 is 0 Å². The van der Waals surface area contributed by atoms with Crippen molar-refractivity contribution in [3.05, 3.63) is 78.7 Å². The summed E-state index contributed by atoms with van der Waals surface area (Å²) in [5.41, 5.74) is 1.89. The molecule has 0 amide bonds. The van der Waals surface area contributed by atoms with Gasteiger partial charge in [0.2, 0.25) is 0 Å². The number of carbonyl (C=O) groups is 1. The lowest BCUT2D eigenvalue weighted by atomic mass is 9.91. The zero-order chi connectivity index (χ0) is 13.5. The Morgan fingerprint density at radius 2 is 1.42 bits per heavy atom. The Bertz CT molecular complexity index is 466. The normalized spacial score (nSPS) is 10.4. The van der Waals surface area contributed by atoms with Crippen molar-refractivity contribution in [3.8, 4) is 0 Å². The third-order valence-electron chi connectivity index (χ3n) is 2.89. The van der Waals surface area contributed by atoms with E-state index in [-0.39, 0.29) is 11.9 Å². The predicted octanol–water partition coefficient (Wildman–Crippen LogP) is 3.59. The molecule has 0 heterocycles. The first kappa shape index (κ1) is 13.3. The topological polar surface area (TPSA) is 26.3 Å². The molecule has 0 saturated heterocycles.